The number of carboxylic acids is 1. The molecule has 1 aromatic rings. The minimum Gasteiger partial charge on any atom is -0.478 e. The number of carboxylic acid groups (broad SMARTS) is 1. The third-order valence-corrected chi connectivity index (χ3v) is 2.89. The number of rotatable bonds is 6. The summed E-state index contributed by atoms with van der Waals surface area (Å²) in [5.74, 6) is 2.27. The molecule has 0 amide bonds. The van der Waals surface area contributed by atoms with Crippen LogP contribution >= 0.6 is 0 Å². The Balaban J connectivity index is 2.82. The molecule has 0 aliphatic heterocycles. The number of pyridine rings is 1. The van der Waals surface area contributed by atoms with E-state index in [1.807, 2.05) is 20.8 Å². The van der Waals surface area contributed by atoms with Gasteiger partial charge in [-0.2, -0.15) is 0 Å². The summed E-state index contributed by atoms with van der Waals surface area (Å²) in [6.07, 6.45) is 7.85. The Bertz CT molecular complexity index is 510. The zero-order valence-electron chi connectivity index (χ0n) is 12.4. The molecule has 0 atom stereocenters. The molecule has 4 heteroatoms. The lowest BCUT2D eigenvalue weighted by molar-refractivity contribution is 0.0696. The number of carbonyl (C=O) groups is 1. The molecule has 0 bridgehead atoms. The van der Waals surface area contributed by atoms with Crippen molar-refractivity contribution in [1.29, 1.82) is 0 Å². The predicted molar refractivity (Wildman–Crippen MR) is 81.1 cm³/mol. The predicted octanol–water partition coefficient (Wildman–Crippen LogP) is 3.29. The number of hydrogen-bond donors (Lipinski definition) is 2. The van der Waals surface area contributed by atoms with Gasteiger partial charge in [0.25, 0.3) is 0 Å². The van der Waals surface area contributed by atoms with Crippen LogP contribution in [0.5, 0.6) is 0 Å². The maximum absolute atomic E-state index is 11.2. The van der Waals surface area contributed by atoms with E-state index in [9.17, 15) is 4.79 Å². The van der Waals surface area contributed by atoms with Crippen LogP contribution < -0.4 is 5.32 Å². The van der Waals surface area contributed by atoms with E-state index in [0.717, 1.165) is 31.5 Å². The molecule has 0 spiro atoms. The van der Waals surface area contributed by atoms with Crippen molar-refractivity contribution >= 4 is 11.8 Å². The summed E-state index contributed by atoms with van der Waals surface area (Å²) in [5, 5.41) is 12.3. The van der Waals surface area contributed by atoms with Crippen LogP contribution in [0.2, 0.25) is 0 Å². The van der Waals surface area contributed by atoms with Crippen LogP contribution in [0.15, 0.2) is 12.1 Å². The lowest BCUT2D eigenvalue weighted by Crippen LogP contribution is -2.17. The molecule has 0 aliphatic rings. The van der Waals surface area contributed by atoms with E-state index in [4.69, 9.17) is 11.5 Å². The summed E-state index contributed by atoms with van der Waals surface area (Å²) in [6, 6.07) is 3.20. The van der Waals surface area contributed by atoms with Gasteiger partial charge in [-0.1, -0.05) is 20.8 Å². The van der Waals surface area contributed by atoms with E-state index in [0.29, 0.717) is 5.82 Å². The molecule has 20 heavy (non-hydrogen) atoms. The largest absolute Gasteiger partial charge is 0.478 e. The van der Waals surface area contributed by atoms with Crippen LogP contribution in [0.25, 0.3) is 0 Å². The minimum atomic E-state index is -0.937. The van der Waals surface area contributed by atoms with Gasteiger partial charge < -0.3 is 10.4 Å². The molecule has 0 unspecified atom stereocenters. The summed E-state index contributed by atoms with van der Waals surface area (Å²) in [5.41, 5.74) is 0.838. The van der Waals surface area contributed by atoms with Gasteiger partial charge in [0, 0.05) is 24.1 Å². The van der Waals surface area contributed by atoms with Gasteiger partial charge in [0.2, 0.25) is 0 Å². The Morgan fingerprint density at radius 3 is 2.65 bits per heavy atom. The third kappa shape index (κ3) is 4.93. The van der Waals surface area contributed by atoms with Crippen molar-refractivity contribution in [1.82, 2.24) is 4.98 Å². The maximum Gasteiger partial charge on any atom is 0.335 e. The first-order chi connectivity index (χ1) is 9.34. The van der Waals surface area contributed by atoms with E-state index in [1.54, 1.807) is 12.1 Å². The highest BCUT2D eigenvalue weighted by Gasteiger charge is 2.18. The topological polar surface area (TPSA) is 62.2 Å². The molecule has 0 aliphatic carbocycles. The monoisotopic (exact) mass is 274 g/mol. The zero-order chi connectivity index (χ0) is 15.2. The molecule has 1 heterocycles. The molecule has 108 valence electrons. The van der Waals surface area contributed by atoms with E-state index in [1.165, 1.54) is 0 Å². The quantitative estimate of drug-likeness (QED) is 0.617. The number of unbranched alkanes of at least 4 members (excludes halogenated alkanes) is 2. The first-order valence-corrected chi connectivity index (χ1v) is 6.78. The highest BCUT2D eigenvalue weighted by atomic mass is 16.4. The minimum absolute atomic E-state index is 0.189. The van der Waals surface area contributed by atoms with Gasteiger partial charge in [0.1, 0.15) is 5.82 Å². The van der Waals surface area contributed by atoms with E-state index >= 15 is 0 Å². The summed E-state index contributed by atoms with van der Waals surface area (Å²) in [7, 11) is 0. The van der Waals surface area contributed by atoms with Gasteiger partial charge in [-0.3, -0.25) is 0 Å². The van der Waals surface area contributed by atoms with E-state index in [2.05, 4.69) is 16.2 Å². The fourth-order valence-electron chi connectivity index (χ4n) is 1.70. The molecule has 2 N–H and O–H groups in total. The van der Waals surface area contributed by atoms with Crippen molar-refractivity contribution in [2.75, 3.05) is 11.9 Å². The van der Waals surface area contributed by atoms with Crippen molar-refractivity contribution in [2.45, 2.75) is 45.4 Å². The molecule has 1 rings (SSSR count). The lowest BCUT2D eigenvalue weighted by atomic mass is 9.91. The summed E-state index contributed by atoms with van der Waals surface area (Å²) < 4.78 is 0. The summed E-state index contributed by atoms with van der Waals surface area (Å²) in [6.45, 7) is 6.77. The second-order valence-electron chi connectivity index (χ2n) is 5.77. The Morgan fingerprint density at radius 1 is 1.40 bits per heavy atom. The first kappa shape index (κ1) is 16.0. The van der Waals surface area contributed by atoms with Crippen molar-refractivity contribution in [2.24, 2.45) is 0 Å². The molecule has 0 aromatic carbocycles. The number of aromatic nitrogens is 1. The van der Waals surface area contributed by atoms with Crippen LogP contribution in [0.1, 0.15) is 56.1 Å². The molecular formula is C16H22N2O2. The summed E-state index contributed by atoms with van der Waals surface area (Å²) >= 11 is 0. The van der Waals surface area contributed by atoms with Crippen LogP contribution in [0, 0.1) is 12.3 Å². The lowest BCUT2D eigenvalue weighted by Gasteiger charge is -2.19. The van der Waals surface area contributed by atoms with E-state index in [-0.39, 0.29) is 11.0 Å². The standard InChI is InChI=1S/C16H22N2O2/c1-5-6-7-8-9-17-14-11-12(15(19)20)10-13(18-14)16(2,3)4/h1,10-11H,6-9H2,2-4H3,(H,17,18)(H,19,20). The maximum atomic E-state index is 11.2. The fourth-order valence-corrected chi connectivity index (χ4v) is 1.70. The zero-order valence-corrected chi connectivity index (χ0v) is 12.4. The molecule has 0 fully saturated rings. The van der Waals surface area contributed by atoms with Crippen LogP contribution in [-0.4, -0.2) is 22.6 Å². The van der Waals surface area contributed by atoms with Crippen molar-refractivity contribution in [3.63, 3.8) is 0 Å². The highest BCUT2D eigenvalue weighted by Crippen LogP contribution is 2.23. The number of aromatic carboxylic acids is 1. The Labute approximate surface area is 120 Å². The highest BCUT2D eigenvalue weighted by molar-refractivity contribution is 5.88. The fraction of sp³-hybridized carbons (Fsp3) is 0.500. The molecule has 0 radical (unpaired) electrons. The van der Waals surface area contributed by atoms with Gasteiger partial charge in [-0.15, -0.1) is 12.3 Å². The van der Waals surface area contributed by atoms with Crippen molar-refractivity contribution < 1.29 is 9.90 Å². The Kier molecular flexibility index (Phi) is 5.57. The molecule has 0 saturated carbocycles. The average Bonchev–Trinajstić information content (AvgIpc) is 2.37. The number of hydrogen-bond acceptors (Lipinski definition) is 3. The van der Waals surface area contributed by atoms with Gasteiger partial charge in [-0.05, 0) is 25.0 Å². The third-order valence-electron chi connectivity index (χ3n) is 2.89. The van der Waals surface area contributed by atoms with Gasteiger partial charge >= 0.3 is 5.97 Å². The second-order valence-corrected chi connectivity index (χ2v) is 5.77. The van der Waals surface area contributed by atoms with Gasteiger partial charge in [0.05, 0.1) is 5.56 Å². The molecular weight excluding hydrogens is 252 g/mol. The van der Waals surface area contributed by atoms with Gasteiger partial charge in [0.15, 0.2) is 0 Å². The first-order valence-electron chi connectivity index (χ1n) is 6.78. The molecule has 4 nitrogen and oxygen atoms in total. The number of nitrogens with zero attached hydrogens (tertiary/aromatic N) is 1. The Hall–Kier alpha value is -2.02. The molecule has 0 saturated heterocycles. The van der Waals surface area contributed by atoms with Crippen molar-refractivity contribution in [3.05, 3.63) is 23.4 Å². The Morgan fingerprint density at radius 2 is 2.10 bits per heavy atom. The average molecular weight is 274 g/mol. The second kappa shape index (κ2) is 6.95. The number of anilines is 1. The van der Waals surface area contributed by atoms with E-state index < -0.39 is 5.97 Å². The smallest absolute Gasteiger partial charge is 0.335 e. The van der Waals surface area contributed by atoms with Crippen molar-refractivity contribution in [3.8, 4) is 12.3 Å². The SMILES string of the molecule is C#CCCCCNc1cc(C(=O)O)cc(C(C)(C)C)n1. The van der Waals surface area contributed by atoms with Crippen LogP contribution in [0.4, 0.5) is 5.82 Å². The normalized spacial score (nSPS) is 10.9. The number of nitrogens with one attached hydrogen (secondary N) is 1. The number of terminal acetylenes is 1. The van der Waals surface area contributed by atoms with Crippen LogP contribution in [-0.2, 0) is 5.41 Å². The van der Waals surface area contributed by atoms with Gasteiger partial charge in [-0.25, -0.2) is 9.78 Å². The van der Waals surface area contributed by atoms with Crippen LogP contribution in [0.3, 0.4) is 0 Å². The summed E-state index contributed by atoms with van der Waals surface area (Å²) in [4.78, 5) is 15.7. The molecule has 1 aromatic heterocycles.